The van der Waals surface area contributed by atoms with Crippen molar-refractivity contribution in [3.8, 4) is 17.7 Å². The number of methoxy groups -OCH3 is 1. The summed E-state index contributed by atoms with van der Waals surface area (Å²) in [6.07, 6.45) is 5.96. The van der Waals surface area contributed by atoms with Gasteiger partial charge < -0.3 is 14.7 Å². The Hall–Kier alpha value is -2.94. The Morgan fingerprint density at radius 1 is 1.21 bits per heavy atom. The largest absolute Gasteiger partial charge is 0.481 e. The quantitative estimate of drug-likeness (QED) is 0.526. The molecular weight excluding hydrogens is 526 g/mol. The second-order valence-electron chi connectivity index (χ2n) is 10.7. The third-order valence-electron chi connectivity index (χ3n) is 6.78. The molecule has 2 fully saturated rings. The first-order chi connectivity index (χ1) is 17.9. The van der Waals surface area contributed by atoms with Crippen LogP contribution in [0.4, 0.5) is 5.69 Å². The van der Waals surface area contributed by atoms with E-state index in [1.165, 1.54) is 34.6 Å². The molecule has 204 valence electrons. The van der Waals surface area contributed by atoms with Crippen molar-refractivity contribution in [3.05, 3.63) is 34.2 Å². The lowest BCUT2D eigenvalue weighted by molar-refractivity contribution is -0.121. The van der Waals surface area contributed by atoms with E-state index >= 15 is 0 Å². The molecule has 1 aliphatic heterocycles. The zero-order valence-corrected chi connectivity index (χ0v) is 23.7. The highest BCUT2D eigenvalue weighted by Gasteiger charge is 2.44. The van der Waals surface area contributed by atoms with E-state index in [1.807, 2.05) is 20.8 Å². The number of pyridine rings is 1. The monoisotopic (exact) mass is 559 g/mol. The number of carboxylic acid groups (broad SMARTS) is 1. The third-order valence-corrected chi connectivity index (χ3v) is 9.60. The third kappa shape index (κ3) is 6.03. The number of sulfonamides is 1. The zero-order chi connectivity index (χ0) is 27.7. The minimum atomic E-state index is -4.01. The molecule has 2 aliphatic rings. The standard InChI is InChI=1S/C27H33N3O6S2/c1-27(2,3)13-12-19-14-21(25(37-19)26(32)33)30-22(18-8-6-5-7-9-18)16-29(17-24(30)31)38(34,35)20-10-11-23(36-4)28-15-20/h10-11,14-15,18,22H,5-9,16-17H2,1-4H3,(H,32,33)/t22-/m0/s1. The van der Waals surface area contributed by atoms with Crippen LogP contribution in [-0.2, 0) is 14.8 Å². The fraction of sp³-hybridized carbons (Fsp3) is 0.519. The minimum absolute atomic E-state index is 0.0246. The minimum Gasteiger partial charge on any atom is -0.481 e. The van der Waals surface area contributed by atoms with Crippen LogP contribution in [0, 0.1) is 23.2 Å². The van der Waals surface area contributed by atoms with E-state index in [-0.39, 0.29) is 33.5 Å². The molecule has 11 heteroatoms. The van der Waals surface area contributed by atoms with Crippen LogP contribution >= 0.6 is 11.3 Å². The zero-order valence-electron chi connectivity index (χ0n) is 22.1. The number of ether oxygens (including phenoxy) is 1. The number of anilines is 1. The SMILES string of the molecule is COc1ccc(S(=O)(=O)N2CC(=O)N(c3cc(C#CC(C)(C)C)sc3C(=O)O)[C@H](C3CCCCC3)C2)cn1. The maximum atomic E-state index is 13.7. The number of aromatic nitrogens is 1. The van der Waals surface area contributed by atoms with Gasteiger partial charge in [-0.05, 0) is 51.7 Å². The van der Waals surface area contributed by atoms with Crippen LogP contribution in [0.1, 0.15) is 67.4 Å². The molecular formula is C27H33N3O6S2. The Labute approximate surface area is 227 Å². The maximum Gasteiger partial charge on any atom is 0.348 e. The number of carboxylic acids is 1. The Morgan fingerprint density at radius 2 is 1.92 bits per heavy atom. The molecule has 1 atom stereocenters. The Balaban J connectivity index is 1.74. The number of thiophene rings is 1. The molecule has 1 amide bonds. The molecule has 1 saturated carbocycles. The fourth-order valence-electron chi connectivity index (χ4n) is 4.96. The maximum absolute atomic E-state index is 13.7. The molecule has 1 aliphatic carbocycles. The fourth-order valence-corrected chi connectivity index (χ4v) is 7.15. The van der Waals surface area contributed by atoms with Crippen LogP contribution in [0.3, 0.4) is 0 Å². The van der Waals surface area contributed by atoms with Crippen molar-refractivity contribution < 1.29 is 27.9 Å². The molecule has 0 aromatic carbocycles. The van der Waals surface area contributed by atoms with E-state index in [0.717, 1.165) is 43.4 Å². The average molecular weight is 560 g/mol. The highest BCUT2D eigenvalue weighted by molar-refractivity contribution is 7.89. The van der Waals surface area contributed by atoms with Crippen LogP contribution in [-0.4, -0.2) is 60.9 Å². The van der Waals surface area contributed by atoms with Gasteiger partial charge in [0.15, 0.2) is 0 Å². The number of piperazine rings is 1. The van der Waals surface area contributed by atoms with Crippen molar-refractivity contribution in [2.45, 2.75) is 63.8 Å². The molecule has 38 heavy (non-hydrogen) atoms. The Kier molecular flexibility index (Phi) is 8.16. The number of carbonyl (C=O) groups excluding carboxylic acids is 1. The number of amides is 1. The van der Waals surface area contributed by atoms with Crippen molar-refractivity contribution in [2.75, 3.05) is 25.1 Å². The van der Waals surface area contributed by atoms with Gasteiger partial charge in [0.2, 0.25) is 21.8 Å². The van der Waals surface area contributed by atoms with Gasteiger partial charge in [-0.2, -0.15) is 4.31 Å². The molecule has 3 heterocycles. The second-order valence-corrected chi connectivity index (χ2v) is 13.7. The predicted molar refractivity (Wildman–Crippen MR) is 145 cm³/mol. The van der Waals surface area contributed by atoms with Crippen LogP contribution in [0.25, 0.3) is 0 Å². The molecule has 2 aromatic heterocycles. The highest BCUT2D eigenvalue weighted by atomic mass is 32.2. The summed E-state index contributed by atoms with van der Waals surface area (Å²) < 4.78 is 33.3. The number of carbonyl (C=O) groups is 2. The number of nitrogens with zero attached hydrogens (tertiary/aromatic N) is 3. The van der Waals surface area contributed by atoms with E-state index in [4.69, 9.17) is 4.74 Å². The first kappa shape index (κ1) is 28.1. The molecule has 1 N–H and O–H groups in total. The first-order valence-corrected chi connectivity index (χ1v) is 14.9. The van der Waals surface area contributed by atoms with Gasteiger partial charge in [-0.15, -0.1) is 11.3 Å². The predicted octanol–water partition coefficient (Wildman–Crippen LogP) is 4.23. The molecule has 9 nitrogen and oxygen atoms in total. The van der Waals surface area contributed by atoms with Gasteiger partial charge >= 0.3 is 5.97 Å². The van der Waals surface area contributed by atoms with E-state index in [2.05, 4.69) is 16.8 Å². The number of rotatable bonds is 6. The van der Waals surface area contributed by atoms with E-state index in [1.54, 1.807) is 6.07 Å². The lowest BCUT2D eigenvalue weighted by Gasteiger charge is -2.44. The topological polar surface area (TPSA) is 117 Å². The summed E-state index contributed by atoms with van der Waals surface area (Å²) in [5.41, 5.74) is 0.0223. The molecule has 1 saturated heterocycles. The Morgan fingerprint density at radius 3 is 2.50 bits per heavy atom. The van der Waals surface area contributed by atoms with Gasteiger partial charge in [-0.25, -0.2) is 18.2 Å². The molecule has 0 unspecified atom stereocenters. The van der Waals surface area contributed by atoms with E-state index < -0.39 is 34.5 Å². The van der Waals surface area contributed by atoms with Gasteiger partial charge in [0, 0.05) is 18.0 Å². The van der Waals surface area contributed by atoms with Crippen LogP contribution in [0.5, 0.6) is 5.88 Å². The van der Waals surface area contributed by atoms with Crippen molar-refractivity contribution >= 4 is 38.9 Å². The van der Waals surface area contributed by atoms with Gasteiger partial charge in [0.25, 0.3) is 0 Å². The first-order valence-electron chi connectivity index (χ1n) is 12.6. The average Bonchev–Trinajstić information content (AvgIpc) is 3.31. The summed E-state index contributed by atoms with van der Waals surface area (Å²) in [4.78, 5) is 32.1. The molecule has 2 aromatic rings. The summed E-state index contributed by atoms with van der Waals surface area (Å²) in [7, 11) is -2.57. The van der Waals surface area contributed by atoms with Crippen LogP contribution in [0.15, 0.2) is 29.3 Å². The Bertz CT molecular complexity index is 1360. The van der Waals surface area contributed by atoms with Crippen molar-refractivity contribution in [1.82, 2.24) is 9.29 Å². The van der Waals surface area contributed by atoms with Crippen LogP contribution < -0.4 is 9.64 Å². The van der Waals surface area contributed by atoms with Gasteiger partial charge in [-0.1, -0.05) is 31.1 Å². The normalized spacial score (nSPS) is 19.6. The lowest BCUT2D eigenvalue weighted by atomic mass is 9.82. The molecule has 4 rings (SSSR count). The van der Waals surface area contributed by atoms with Crippen molar-refractivity contribution in [1.29, 1.82) is 0 Å². The van der Waals surface area contributed by atoms with E-state index in [9.17, 15) is 23.1 Å². The smallest absolute Gasteiger partial charge is 0.348 e. The van der Waals surface area contributed by atoms with Gasteiger partial charge in [0.1, 0.15) is 9.77 Å². The van der Waals surface area contributed by atoms with Crippen LogP contribution in [0.2, 0.25) is 0 Å². The molecule has 0 radical (unpaired) electrons. The lowest BCUT2D eigenvalue weighted by Crippen LogP contribution is -2.60. The number of hydrogen-bond donors (Lipinski definition) is 1. The molecule has 0 spiro atoms. The second kappa shape index (κ2) is 11.0. The summed E-state index contributed by atoms with van der Waals surface area (Å²) >= 11 is 1.04. The highest BCUT2D eigenvalue weighted by Crippen LogP contribution is 2.39. The summed E-state index contributed by atoms with van der Waals surface area (Å²) in [6, 6.07) is 4.05. The summed E-state index contributed by atoms with van der Waals surface area (Å²) in [6.45, 7) is 5.58. The molecule has 0 bridgehead atoms. The summed E-state index contributed by atoms with van der Waals surface area (Å²) in [5, 5.41) is 9.99. The van der Waals surface area contributed by atoms with E-state index in [0.29, 0.717) is 10.6 Å². The number of aromatic carboxylic acids is 1. The summed E-state index contributed by atoms with van der Waals surface area (Å²) in [5.74, 6) is 4.92. The van der Waals surface area contributed by atoms with Crippen molar-refractivity contribution in [2.24, 2.45) is 11.3 Å². The van der Waals surface area contributed by atoms with Gasteiger partial charge in [-0.3, -0.25) is 4.79 Å². The number of hydrogen-bond acceptors (Lipinski definition) is 7. The van der Waals surface area contributed by atoms with Crippen molar-refractivity contribution in [3.63, 3.8) is 0 Å². The van der Waals surface area contributed by atoms with Gasteiger partial charge in [0.05, 0.1) is 36.5 Å².